The van der Waals surface area contributed by atoms with Crippen LogP contribution in [-0.2, 0) is 14.8 Å². The van der Waals surface area contributed by atoms with E-state index in [4.69, 9.17) is 9.84 Å². The summed E-state index contributed by atoms with van der Waals surface area (Å²) in [5.74, 6) is -0.944. The van der Waals surface area contributed by atoms with E-state index < -0.39 is 16.0 Å². The molecule has 0 unspecified atom stereocenters. The molecule has 0 fully saturated rings. The Balaban J connectivity index is 2.50. The first-order valence-electron chi connectivity index (χ1n) is 7.42. The molecule has 0 spiro atoms. The number of hydrogen-bond acceptors (Lipinski definition) is 4. The van der Waals surface area contributed by atoms with Crippen molar-refractivity contribution in [2.45, 2.75) is 18.7 Å². The molecule has 0 atom stereocenters. The number of nitrogens with one attached hydrogen (secondary N) is 1. The molecule has 25 heavy (non-hydrogen) atoms. The Morgan fingerprint density at radius 2 is 1.80 bits per heavy atom. The van der Waals surface area contributed by atoms with Crippen LogP contribution in [0.2, 0.25) is 0 Å². The Morgan fingerprint density at radius 1 is 1.16 bits per heavy atom. The van der Waals surface area contributed by atoms with Gasteiger partial charge in [0.05, 0.1) is 12.8 Å². The number of rotatable bonds is 6. The van der Waals surface area contributed by atoms with Crippen LogP contribution >= 0.6 is 0 Å². The molecule has 6 nitrogen and oxygen atoms in total. The first kappa shape index (κ1) is 18.5. The fraction of sp³-hybridized carbons (Fsp3) is 0.167. The van der Waals surface area contributed by atoms with Gasteiger partial charge in [0.1, 0.15) is 10.6 Å². The Labute approximate surface area is 146 Å². The van der Waals surface area contributed by atoms with Crippen molar-refractivity contribution in [2.75, 3.05) is 11.8 Å². The SMILES string of the molecule is COc1ccc(/C=C\C(=O)O)cc1S(=O)(=O)Nc1c(C)cccc1C. The first-order valence-corrected chi connectivity index (χ1v) is 8.91. The topological polar surface area (TPSA) is 92.7 Å². The van der Waals surface area contributed by atoms with Gasteiger partial charge in [0.25, 0.3) is 10.0 Å². The number of hydrogen-bond donors (Lipinski definition) is 2. The lowest BCUT2D eigenvalue weighted by molar-refractivity contribution is -0.131. The van der Waals surface area contributed by atoms with Gasteiger partial charge in [0.15, 0.2) is 0 Å². The minimum atomic E-state index is -3.92. The number of carboxylic acid groups (broad SMARTS) is 1. The number of ether oxygens (including phenoxy) is 1. The van der Waals surface area contributed by atoms with Crippen molar-refractivity contribution >= 4 is 27.8 Å². The van der Waals surface area contributed by atoms with Crippen molar-refractivity contribution < 1.29 is 23.1 Å². The molecule has 0 radical (unpaired) electrons. The zero-order valence-electron chi connectivity index (χ0n) is 14.1. The van der Waals surface area contributed by atoms with Gasteiger partial charge >= 0.3 is 5.97 Å². The maximum atomic E-state index is 12.8. The first-order chi connectivity index (χ1) is 11.7. The molecule has 0 aromatic heterocycles. The van der Waals surface area contributed by atoms with Crippen molar-refractivity contribution in [2.24, 2.45) is 0 Å². The minimum Gasteiger partial charge on any atom is -0.495 e. The zero-order valence-corrected chi connectivity index (χ0v) is 14.9. The van der Waals surface area contributed by atoms with Gasteiger partial charge in [-0.2, -0.15) is 0 Å². The molecular weight excluding hydrogens is 342 g/mol. The molecule has 0 amide bonds. The van der Waals surface area contributed by atoms with Crippen LogP contribution in [0.25, 0.3) is 6.08 Å². The van der Waals surface area contributed by atoms with Gasteiger partial charge in [-0.05, 0) is 48.7 Å². The number of benzene rings is 2. The second kappa shape index (κ2) is 7.40. The quantitative estimate of drug-likeness (QED) is 0.771. The summed E-state index contributed by atoms with van der Waals surface area (Å²) in [6.45, 7) is 3.63. The van der Waals surface area contributed by atoms with E-state index in [-0.39, 0.29) is 10.6 Å². The predicted octanol–water partition coefficient (Wildman–Crippen LogP) is 3.21. The van der Waals surface area contributed by atoms with Crippen LogP contribution in [0, 0.1) is 13.8 Å². The molecule has 0 saturated heterocycles. The highest BCUT2D eigenvalue weighted by atomic mass is 32.2. The monoisotopic (exact) mass is 361 g/mol. The molecule has 7 heteroatoms. The van der Waals surface area contributed by atoms with Gasteiger partial charge in [-0.25, -0.2) is 13.2 Å². The van der Waals surface area contributed by atoms with E-state index in [1.54, 1.807) is 6.07 Å². The fourth-order valence-corrected chi connectivity index (χ4v) is 3.75. The molecule has 2 N–H and O–H groups in total. The lowest BCUT2D eigenvalue weighted by Crippen LogP contribution is -2.16. The largest absolute Gasteiger partial charge is 0.495 e. The molecule has 0 aliphatic carbocycles. The average Bonchev–Trinajstić information content (AvgIpc) is 2.56. The van der Waals surface area contributed by atoms with E-state index in [9.17, 15) is 13.2 Å². The Kier molecular flexibility index (Phi) is 5.48. The maximum Gasteiger partial charge on any atom is 0.328 e. The highest BCUT2D eigenvalue weighted by Gasteiger charge is 2.21. The second-order valence-corrected chi connectivity index (χ2v) is 7.10. The van der Waals surface area contributed by atoms with Crippen LogP contribution in [0.1, 0.15) is 16.7 Å². The summed E-state index contributed by atoms with van der Waals surface area (Å²) in [7, 11) is -2.54. The smallest absolute Gasteiger partial charge is 0.328 e. The molecule has 2 rings (SSSR count). The third kappa shape index (κ3) is 4.39. The molecule has 0 bridgehead atoms. The Bertz CT molecular complexity index is 912. The van der Waals surface area contributed by atoms with Crippen LogP contribution < -0.4 is 9.46 Å². The maximum absolute atomic E-state index is 12.8. The molecule has 0 heterocycles. The zero-order chi connectivity index (χ0) is 18.6. The third-order valence-corrected chi connectivity index (χ3v) is 4.98. The molecule has 132 valence electrons. The average molecular weight is 361 g/mol. The second-order valence-electron chi connectivity index (χ2n) is 5.45. The Morgan fingerprint density at radius 3 is 2.36 bits per heavy atom. The van der Waals surface area contributed by atoms with Crippen molar-refractivity contribution in [1.82, 2.24) is 0 Å². The van der Waals surface area contributed by atoms with Crippen LogP contribution in [0.3, 0.4) is 0 Å². The molecule has 0 aliphatic rings. The number of carboxylic acids is 1. The molecule has 0 saturated carbocycles. The van der Waals surface area contributed by atoms with Gasteiger partial charge in [0.2, 0.25) is 0 Å². The number of methoxy groups -OCH3 is 1. The molecule has 2 aromatic rings. The number of aliphatic carboxylic acids is 1. The van der Waals surface area contributed by atoms with Crippen molar-refractivity contribution in [3.8, 4) is 5.75 Å². The lowest BCUT2D eigenvalue weighted by Gasteiger charge is -2.15. The number of anilines is 1. The van der Waals surface area contributed by atoms with E-state index in [1.807, 2.05) is 32.0 Å². The Hall–Kier alpha value is -2.80. The summed E-state index contributed by atoms with van der Waals surface area (Å²) in [6, 6.07) is 9.91. The summed E-state index contributed by atoms with van der Waals surface area (Å²) in [4.78, 5) is 10.6. The van der Waals surface area contributed by atoms with E-state index in [0.717, 1.165) is 17.2 Å². The summed E-state index contributed by atoms with van der Waals surface area (Å²) in [5.41, 5.74) is 2.54. The van der Waals surface area contributed by atoms with E-state index >= 15 is 0 Å². The molecule has 0 aliphatic heterocycles. The van der Waals surface area contributed by atoms with Gasteiger partial charge in [-0.1, -0.05) is 24.3 Å². The highest BCUT2D eigenvalue weighted by Crippen LogP contribution is 2.29. The molecule has 2 aromatic carbocycles. The van der Waals surface area contributed by atoms with Crippen LogP contribution in [0.15, 0.2) is 47.4 Å². The van der Waals surface area contributed by atoms with Crippen molar-refractivity contribution in [1.29, 1.82) is 0 Å². The summed E-state index contributed by atoms with van der Waals surface area (Å²) >= 11 is 0. The van der Waals surface area contributed by atoms with Crippen molar-refractivity contribution in [3.05, 3.63) is 59.2 Å². The normalized spacial score (nSPS) is 11.5. The number of sulfonamides is 1. The van der Waals surface area contributed by atoms with Crippen LogP contribution in [-0.4, -0.2) is 26.6 Å². The standard InChI is InChI=1S/C18H19NO5S/c1-12-5-4-6-13(2)18(12)19-25(22,23)16-11-14(8-10-17(20)21)7-9-15(16)24-3/h4-11,19H,1-3H3,(H,20,21)/b10-8-. The highest BCUT2D eigenvalue weighted by molar-refractivity contribution is 7.92. The fourth-order valence-electron chi connectivity index (χ4n) is 2.34. The molecular formula is C18H19NO5S. The summed E-state index contributed by atoms with van der Waals surface area (Å²) in [6.07, 6.45) is 2.26. The van der Waals surface area contributed by atoms with Gasteiger partial charge in [-0.15, -0.1) is 0 Å². The predicted molar refractivity (Wildman–Crippen MR) is 96.4 cm³/mol. The van der Waals surface area contributed by atoms with Crippen molar-refractivity contribution in [3.63, 3.8) is 0 Å². The third-order valence-electron chi connectivity index (χ3n) is 3.61. The van der Waals surface area contributed by atoms with Gasteiger partial charge < -0.3 is 9.84 Å². The minimum absolute atomic E-state index is 0.0646. The number of carbonyl (C=O) groups is 1. The van der Waals surface area contributed by atoms with E-state index in [0.29, 0.717) is 11.3 Å². The van der Waals surface area contributed by atoms with Crippen LogP contribution in [0.4, 0.5) is 5.69 Å². The van der Waals surface area contributed by atoms with E-state index in [2.05, 4.69) is 4.72 Å². The van der Waals surface area contributed by atoms with E-state index in [1.165, 1.54) is 25.3 Å². The number of aryl methyl sites for hydroxylation is 2. The number of para-hydroxylation sites is 1. The van der Waals surface area contributed by atoms with Gasteiger partial charge in [-0.3, -0.25) is 4.72 Å². The lowest BCUT2D eigenvalue weighted by atomic mass is 10.1. The van der Waals surface area contributed by atoms with Crippen LogP contribution in [0.5, 0.6) is 5.75 Å². The summed E-state index contributed by atoms with van der Waals surface area (Å²) in [5, 5.41) is 8.72. The summed E-state index contributed by atoms with van der Waals surface area (Å²) < 4.78 is 33.4. The van der Waals surface area contributed by atoms with Gasteiger partial charge in [0, 0.05) is 6.08 Å².